The number of carbonyl (C=O) groups excluding carboxylic acids is 1. The molecule has 0 spiro atoms. The molecule has 8 nitrogen and oxygen atoms in total. The largest absolute Gasteiger partial charge is 0.481 e. The summed E-state index contributed by atoms with van der Waals surface area (Å²) in [6, 6.07) is -1.82. The molecule has 0 aliphatic carbocycles. The third-order valence-electron chi connectivity index (χ3n) is 2.17. The lowest BCUT2D eigenvalue weighted by Gasteiger charge is -2.14. The minimum absolute atomic E-state index is 0.152. The van der Waals surface area contributed by atoms with Gasteiger partial charge in [0.25, 0.3) is 0 Å². The number of amides is 2. The van der Waals surface area contributed by atoms with Crippen LogP contribution < -0.4 is 16.4 Å². The molecule has 0 aliphatic heterocycles. The molecular formula is C10H19N3O5. The molecule has 0 heterocycles. The highest BCUT2D eigenvalue weighted by Crippen LogP contribution is 1.98. The van der Waals surface area contributed by atoms with Gasteiger partial charge in [-0.1, -0.05) is 0 Å². The van der Waals surface area contributed by atoms with Crippen LogP contribution in [-0.2, 0) is 9.59 Å². The Balaban J connectivity index is 3.96. The van der Waals surface area contributed by atoms with E-state index >= 15 is 0 Å². The van der Waals surface area contributed by atoms with Crippen LogP contribution in [0, 0.1) is 0 Å². The lowest BCUT2D eigenvalue weighted by atomic mass is 10.1. The van der Waals surface area contributed by atoms with Crippen molar-refractivity contribution in [2.75, 3.05) is 13.1 Å². The topological polar surface area (TPSA) is 142 Å². The number of hydrogen-bond donors (Lipinski definition) is 5. The van der Waals surface area contributed by atoms with Gasteiger partial charge in [-0.25, -0.2) is 9.59 Å². The Hall–Kier alpha value is -1.83. The van der Waals surface area contributed by atoms with Gasteiger partial charge in [-0.2, -0.15) is 0 Å². The van der Waals surface area contributed by atoms with Crippen LogP contribution in [0.4, 0.5) is 4.79 Å². The number of nitrogens with two attached hydrogens (primary N) is 1. The van der Waals surface area contributed by atoms with Gasteiger partial charge in [-0.05, 0) is 25.8 Å². The number of urea groups is 1. The first-order chi connectivity index (χ1) is 8.47. The van der Waals surface area contributed by atoms with Crippen molar-refractivity contribution >= 4 is 18.0 Å². The fourth-order valence-corrected chi connectivity index (χ4v) is 1.21. The van der Waals surface area contributed by atoms with Crippen molar-refractivity contribution in [3.05, 3.63) is 0 Å². The molecule has 0 fully saturated rings. The third kappa shape index (κ3) is 8.34. The Kier molecular flexibility index (Phi) is 8.29. The maximum Gasteiger partial charge on any atom is 0.326 e. The Labute approximate surface area is 105 Å². The molecule has 2 amide bonds. The predicted octanol–water partition coefficient (Wildman–Crippen LogP) is -0.657. The highest BCUT2D eigenvalue weighted by atomic mass is 16.4. The van der Waals surface area contributed by atoms with Gasteiger partial charge in [0.05, 0.1) is 0 Å². The molecular weight excluding hydrogens is 242 g/mol. The van der Waals surface area contributed by atoms with Gasteiger partial charge in [0.1, 0.15) is 6.04 Å². The summed E-state index contributed by atoms with van der Waals surface area (Å²) < 4.78 is 0. The SMILES string of the molecule is NCCCCNC(=O)N[C@@H](CCC(=O)O)C(=O)O. The number of unbranched alkanes of at least 4 members (excludes halogenated alkanes) is 1. The summed E-state index contributed by atoms with van der Waals surface area (Å²) >= 11 is 0. The van der Waals surface area contributed by atoms with Crippen LogP contribution in [0.1, 0.15) is 25.7 Å². The predicted molar refractivity (Wildman–Crippen MR) is 63.1 cm³/mol. The molecule has 0 aromatic heterocycles. The van der Waals surface area contributed by atoms with E-state index in [0.717, 1.165) is 6.42 Å². The van der Waals surface area contributed by atoms with Gasteiger partial charge in [0.15, 0.2) is 0 Å². The maximum atomic E-state index is 11.3. The zero-order valence-electron chi connectivity index (χ0n) is 10.0. The van der Waals surface area contributed by atoms with Crippen molar-refractivity contribution in [3.8, 4) is 0 Å². The lowest BCUT2D eigenvalue weighted by Crippen LogP contribution is -2.46. The summed E-state index contributed by atoms with van der Waals surface area (Å²) in [7, 11) is 0. The molecule has 0 saturated carbocycles. The summed E-state index contributed by atoms with van der Waals surface area (Å²) in [4.78, 5) is 32.4. The van der Waals surface area contributed by atoms with Gasteiger partial charge in [-0.3, -0.25) is 4.79 Å². The first-order valence-electron chi connectivity index (χ1n) is 5.66. The number of nitrogens with one attached hydrogen (secondary N) is 2. The summed E-state index contributed by atoms with van der Waals surface area (Å²) in [6.07, 6.45) is 1.00. The molecule has 18 heavy (non-hydrogen) atoms. The second kappa shape index (κ2) is 9.23. The van der Waals surface area contributed by atoms with Crippen molar-refractivity contribution in [1.29, 1.82) is 0 Å². The maximum absolute atomic E-state index is 11.3. The van der Waals surface area contributed by atoms with Crippen molar-refractivity contribution in [2.24, 2.45) is 5.73 Å². The molecule has 0 aromatic carbocycles. The van der Waals surface area contributed by atoms with E-state index in [4.69, 9.17) is 15.9 Å². The minimum Gasteiger partial charge on any atom is -0.481 e. The van der Waals surface area contributed by atoms with E-state index in [0.29, 0.717) is 19.5 Å². The fourth-order valence-electron chi connectivity index (χ4n) is 1.21. The number of hydrogen-bond acceptors (Lipinski definition) is 4. The molecule has 0 radical (unpaired) electrons. The summed E-state index contributed by atoms with van der Waals surface area (Å²) in [5.41, 5.74) is 5.27. The van der Waals surface area contributed by atoms with Gasteiger partial charge >= 0.3 is 18.0 Å². The van der Waals surface area contributed by atoms with E-state index in [9.17, 15) is 14.4 Å². The van der Waals surface area contributed by atoms with Crippen LogP contribution in [0.15, 0.2) is 0 Å². The first kappa shape index (κ1) is 16.2. The second-order valence-corrected chi connectivity index (χ2v) is 3.72. The van der Waals surface area contributed by atoms with Crippen LogP contribution in [-0.4, -0.2) is 47.3 Å². The lowest BCUT2D eigenvalue weighted by molar-refractivity contribution is -0.140. The third-order valence-corrected chi connectivity index (χ3v) is 2.17. The molecule has 0 rings (SSSR count). The molecule has 6 N–H and O–H groups in total. The van der Waals surface area contributed by atoms with Crippen molar-refractivity contribution in [2.45, 2.75) is 31.7 Å². The van der Waals surface area contributed by atoms with Gasteiger partial charge in [0.2, 0.25) is 0 Å². The van der Waals surface area contributed by atoms with Gasteiger partial charge < -0.3 is 26.6 Å². The zero-order valence-corrected chi connectivity index (χ0v) is 10.0. The molecule has 0 unspecified atom stereocenters. The van der Waals surface area contributed by atoms with Crippen LogP contribution >= 0.6 is 0 Å². The van der Waals surface area contributed by atoms with Crippen molar-refractivity contribution < 1.29 is 24.6 Å². The first-order valence-corrected chi connectivity index (χ1v) is 5.66. The van der Waals surface area contributed by atoms with Crippen LogP contribution in [0.2, 0.25) is 0 Å². The zero-order chi connectivity index (χ0) is 14.0. The van der Waals surface area contributed by atoms with E-state index in [1.807, 2.05) is 0 Å². The van der Waals surface area contributed by atoms with Crippen LogP contribution in [0.25, 0.3) is 0 Å². The fraction of sp³-hybridized carbons (Fsp3) is 0.700. The van der Waals surface area contributed by atoms with E-state index < -0.39 is 24.0 Å². The monoisotopic (exact) mass is 261 g/mol. The van der Waals surface area contributed by atoms with Crippen molar-refractivity contribution in [3.63, 3.8) is 0 Å². The number of rotatable bonds is 9. The minimum atomic E-state index is -1.26. The van der Waals surface area contributed by atoms with E-state index in [2.05, 4.69) is 10.6 Å². The Morgan fingerprint density at radius 2 is 1.83 bits per heavy atom. The molecule has 0 bridgehead atoms. The number of carboxylic acids is 2. The average Bonchev–Trinajstić information content (AvgIpc) is 2.29. The summed E-state index contributed by atoms with van der Waals surface area (Å²) in [5, 5.41) is 21.9. The molecule has 1 atom stereocenters. The van der Waals surface area contributed by atoms with Gasteiger partial charge in [-0.15, -0.1) is 0 Å². The standard InChI is InChI=1S/C10H19N3O5/c11-5-1-2-6-12-10(18)13-7(9(16)17)3-4-8(14)15/h7H,1-6,11H2,(H,14,15)(H,16,17)(H2,12,13,18)/t7-/m0/s1. The van der Waals surface area contributed by atoms with Crippen LogP contribution in [0.3, 0.4) is 0 Å². The normalized spacial score (nSPS) is 11.6. The molecule has 0 saturated heterocycles. The molecule has 0 aliphatic rings. The number of aliphatic carboxylic acids is 2. The van der Waals surface area contributed by atoms with Crippen molar-refractivity contribution in [1.82, 2.24) is 10.6 Å². The average molecular weight is 261 g/mol. The van der Waals surface area contributed by atoms with Crippen LogP contribution in [0.5, 0.6) is 0 Å². The highest BCUT2D eigenvalue weighted by molar-refractivity contribution is 5.82. The van der Waals surface area contributed by atoms with Gasteiger partial charge in [0, 0.05) is 13.0 Å². The smallest absolute Gasteiger partial charge is 0.326 e. The Bertz CT molecular complexity index is 295. The molecule has 8 heteroatoms. The quantitative estimate of drug-likeness (QED) is 0.349. The second-order valence-electron chi connectivity index (χ2n) is 3.72. The van der Waals surface area contributed by atoms with E-state index in [1.54, 1.807) is 0 Å². The van der Waals surface area contributed by atoms with E-state index in [1.165, 1.54) is 0 Å². The molecule has 0 aromatic rings. The Morgan fingerprint density at radius 3 is 2.33 bits per heavy atom. The number of carboxylic acid groups (broad SMARTS) is 2. The van der Waals surface area contributed by atoms with E-state index in [-0.39, 0.29) is 12.8 Å². The Morgan fingerprint density at radius 1 is 1.17 bits per heavy atom. The molecule has 104 valence electrons. The summed E-state index contributed by atoms with van der Waals surface area (Å²) in [5.74, 6) is -2.36. The summed E-state index contributed by atoms with van der Waals surface area (Å²) in [6.45, 7) is 0.925. The highest BCUT2D eigenvalue weighted by Gasteiger charge is 2.20. The number of carbonyl (C=O) groups is 3.